The summed E-state index contributed by atoms with van der Waals surface area (Å²) < 4.78 is 1.86. The van der Waals surface area contributed by atoms with Gasteiger partial charge in [0.05, 0.1) is 12.2 Å². The van der Waals surface area contributed by atoms with E-state index >= 15 is 0 Å². The minimum Gasteiger partial charge on any atom is -0.337 e. The Hall–Kier alpha value is -1.92. The molecule has 2 aromatic rings. The summed E-state index contributed by atoms with van der Waals surface area (Å²) in [6.07, 6.45) is 5.61. The Morgan fingerprint density at radius 2 is 1.96 bits per heavy atom. The van der Waals surface area contributed by atoms with Crippen LogP contribution in [0, 0.1) is 6.92 Å². The van der Waals surface area contributed by atoms with Crippen LogP contribution in [0.2, 0.25) is 0 Å². The van der Waals surface area contributed by atoms with Crippen LogP contribution in [-0.2, 0) is 6.42 Å². The van der Waals surface area contributed by atoms with E-state index in [1.165, 1.54) is 11.1 Å². The summed E-state index contributed by atoms with van der Waals surface area (Å²) in [6, 6.07) is 9.01. The molecule has 3 rings (SSSR count). The monoisotopic (exact) mass is 391 g/mol. The number of nitrogens with one attached hydrogen (secondary N) is 1. The molecule has 1 atom stereocenters. The number of hydrogen-bond donors (Lipinski definition) is 1. The quantitative estimate of drug-likeness (QED) is 0.822. The predicted octanol–water partition coefficient (Wildman–Crippen LogP) is 3.03. The lowest BCUT2D eigenvalue weighted by Gasteiger charge is -2.27. The van der Waals surface area contributed by atoms with E-state index in [1.54, 1.807) is 0 Å². The smallest absolute Gasteiger partial charge is 0.276 e. The number of halogens is 1. The lowest BCUT2D eigenvalue weighted by molar-refractivity contribution is 0.0721. The number of hydrogen-bond acceptors (Lipinski definition) is 4. The third-order valence-electron chi connectivity index (χ3n) is 5.34. The Morgan fingerprint density at radius 1 is 1.30 bits per heavy atom. The van der Waals surface area contributed by atoms with Crippen LogP contribution in [-0.4, -0.2) is 52.0 Å². The Bertz CT molecular complexity index is 724. The van der Waals surface area contributed by atoms with E-state index in [2.05, 4.69) is 53.7 Å². The van der Waals surface area contributed by atoms with Crippen molar-refractivity contribution < 1.29 is 4.79 Å². The largest absolute Gasteiger partial charge is 0.337 e. The predicted molar refractivity (Wildman–Crippen MR) is 109 cm³/mol. The summed E-state index contributed by atoms with van der Waals surface area (Å²) in [5.74, 6) is -0.0517. The van der Waals surface area contributed by atoms with Crippen molar-refractivity contribution in [1.29, 1.82) is 0 Å². The van der Waals surface area contributed by atoms with E-state index in [9.17, 15) is 4.79 Å². The normalized spacial score (nSPS) is 15.8. The molecule has 0 saturated carbocycles. The number of likely N-dealkylation sites (N-methyl/N-ethyl adjacent to an activating group) is 1. The van der Waals surface area contributed by atoms with Gasteiger partial charge in [-0.3, -0.25) is 4.79 Å². The molecule has 7 heteroatoms. The van der Waals surface area contributed by atoms with E-state index < -0.39 is 0 Å². The maximum absolute atomic E-state index is 12.9. The molecule has 0 radical (unpaired) electrons. The molecule has 1 aromatic carbocycles. The fraction of sp³-hybridized carbons (Fsp3) is 0.550. The van der Waals surface area contributed by atoms with Crippen LogP contribution in [0.15, 0.2) is 30.5 Å². The van der Waals surface area contributed by atoms with Gasteiger partial charge < -0.3 is 10.2 Å². The van der Waals surface area contributed by atoms with Crippen LogP contribution < -0.4 is 5.32 Å². The molecular formula is C20H30ClN5O. The van der Waals surface area contributed by atoms with E-state index in [4.69, 9.17) is 0 Å². The average molecular weight is 392 g/mol. The zero-order chi connectivity index (χ0) is 18.5. The SMILES string of the molecule is CCC(Cc1ccc(C)cc1)N(C)C(=O)c1cn(C2CCNCC2)nn1.Cl. The third-order valence-corrected chi connectivity index (χ3v) is 5.34. The number of carbonyl (C=O) groups excluding carboxylic acids is 1. The van der Waals surface area contributed by atoms with Crippen molar-refractivity contribution in [2.75, 3.05) is 20.1 Å². The number of amides is 1. The maximum Gasteiger partial charge on any atom is 0.276 e. The second kappa shape index (κ2) is 9.85. The molecule has 0 spiro atoms. The number of aromatic nitrogens is 3. The van der Waals surface area contributed by atoms with Crippen molar-refractivity contribution in [3.63, 3.8) is 0 Å². The van der Waals surface area contributed by atoms with Crippen molar-refractivity contribution in [3.05, 3.63) is 47.3 Å². The minimum absolute atomic E-state index is 0. The lowest BCUT2D eigenvalue weighted by atomic mass is 10.0. The molecule has 0 bridgehead atoms. The standard InChI is InChI=1S/C20H29N5O.ClH/c1-4-17(13-16-7-5-15(2)6-8-16)24(3)20(26)19-14-25(23-22-19)18-9-11-21-12-10-18;/h5-8,14,17-18,21H,4,9-13H2,1-3H3;1H. The van der Waals surface area contributed by atoms with Crippen LogP contribution in [0.3, 0.4) is 0 Å². The lowest BCUT2D eigenvalue weighted by Crippen LogP contribution is -2.38. The first-order valence-corrected chi connectivity index (χ1v) is 9.53. The number of carbonyl (C=O) groups is 1. The summed E-state index contributed by atoms with van der Waals surface area (Å²) in [5.41, 5.74) is 2.94. The first-order chi connectivity index (χ1) is 12.6. The molecule has 1 unspecified atom stereocenters. The van der Waals surface area contributed by atoms with E-state index in [0.717, 1.165) is 38.8 Å². The maximum atomic E-state index is 12.9. The molecule has 148 valence electrons. The van der Waals surface area contributed by atoms with Gasteiger partial charge in [-0.05, 0) is 51.3 Å². The number of aryl methyl sites for hydroxylation is 1. The van der Waals surface area contributed by atoms with Crippen molar-refractivity contribution in [3.8, 4) is 0 Å². The molecular weight excluding hydrogens is 362 g/mol. The minimum atomic E-state index is -0.0517. The number of benzene rings is 1. The highest BCUT2D eigenvalue weighted by Gasteiger charge is 2.24. The summed E-state index contributed by atoms with van der Waals surface area (Å²) in [4.78, 5) is 14.7. The highest BCUT2D eigenvalue weighted by molar-refractivity contribution is 5.92. The topological polar surface area (TPSA) is 63.1 Å². The Morgan fingerprint density at radius 3 is 2.59 bits per heavy atom. The highest BCUT2D eigenvalue weighted by atomic mass is 35.5. The van der Waals surface area contributed by atoms with Crippen LogP contribution >= 0.6 is 12.4 Å². The van der Waals surface area contributed by atoms with Gasteiger partial charge in [0, 0.05) is 13.1 Å². The molecule has 1 aromatic heterocycles. The molecule has 1 fully saturated rings. The number of piperidine rings is 1. The highest BCUT2D eigenvalue weighted by Crippen LogP contribution is 2.18. The zero-order valence-corrected chi connectivity index (χ0v) is 17.2. The van der Waals surface area contributed by atoms with Crippen LogP contribution in [0.25, 0.3) is 0 Å². The molecule has 1 aliphatic heterocycles. The molecule has 27 heavy (non-hydrogen) atoms. The molecule has 1 N–H and O–H groups in total. The van der Waals surface area contributed by atoms with Gasteiger partial charge in [0.2, 0.25) is 0 Å². The van der Waals surface area contributed by atoms with E-state index in [0.29, 0.717) is 11.7 Å². The van der Waals surface area contributed by atoms with Gasteiger partial charge in [-0.15, -0.1) is 17.5 Å². The van der Waals surface area contributed by atoms with Gasteiger partial charge in [0.1, 0.15) is 0 Å². The summed E-state index contributed by atoms with van der Waals surface area (Å²) in [7, 11) is 1.87. The van der Waals surface area contributed by atoms with Crippen molar-refractivity contribution in [2.24, 2.45) is 0 Å². The van der Waals surface area contributed by atoms with Gasteiger partial charge in [0.15, 0.2) is 5.69 Å². The van der Waals surface area contributed by atoms with Gasteiger partial charge >= 0.3 is 0 Å². The van der Waals surface area contributed by atoms with E-state index in [-0.39, 0.29) is 24.4 Å². The fourth-order valence-corrected chi connectivity index (χ4v) is 3.52. The molecule has 2 heterocycles. The molecule has 1 aliphatic rings. The number of nitrogens with zero attached hydrogens (tertiary/aromatic N) is 4. The van der Waals surface area contributed by atoms with Crippen LogP contribution in [0.4, 0.5) is 0 Å². The van der Waals surface area contributed by atoms with Gasteiger partial charge in [0.25, 0.3) is 5.91 Å². The Kier molecular flexibility index (Phi) is 7.80. The molecule has 6 nitrogen and oxygen atoms in total. The summed E-state index contributed by atoms with van der Waals surface area (Å²) in [6.45, 7) is 6.18. The first-order valence-electron chi connectivity index (χ1n) is 9.53. The Labute approximate surface area is 167 Å². The average Bonchev–Trinajstić information content (AvgIpc) is 3.17. The summed E-state index contributed by atoms with van der Waals surface area (Å²) >= 11 is 0. The zero-order valence-electron chi connectivity index (χ0n) is 16.4. The van der Waals surface area contributed by atoms with Crippen LogP contribution in [0.5, 0.6) is 0 Å². The van der Waals surface area contributed by atoms with Crippen molar-refractivity contribution in [2.45, 2.75) is 51.6 Å². The molecule has 1 saturated heterocycles. The van der Waals surface area contributed by atoms with Gasteiger partial charge in [-0.2, -0.15) is 0 Å². The van der Waals surface area contributed by atoms with Crippen LogP contribution in [0.1, 0.15) is 53.8 Å². The second-order valence-corrected chi connectivity index (χ2v) is 7.23. The third kappa shape index (κ3) is 5.30. The molecule has 0 aliphatic carbocycles. The Balaban J connectivity index is 0.00000261. The number of rotatable bonds is 6. The molecule has 1 amide bonds. The first kappa shape index (κ1) is 21.4. The van der Waals surface area contributed by atoms with E-state index in [1.807, 2.05) is 22.8 Å². The van der Waals surface area contributed by atoms with Crippen molar-refractivity contribution in [1.82, 2.24) is 25.2 Å². The second-order valence-electron chi connectivity index (χ2n) is 7.23. The van der Waals surface area contributed by atoms with Gasteiger partial charge in [-0.1, -0.05) is 42.0 Å². The summed E-state index contributed by atoms with van der Waals surface area (Å²) in [5, 5.41) is 11.7. The fourth-order valence-electron chi connectivity index (χ4n) is 3.52. The van der Waals surface area contributed by atoms with Crippen molar-refractivity contribution >= 4 is 18.3 Å². The van der Waals surface area contributed by atoms with Gasteiger partial charge in [-0.25, -0.2) is 4.68 Å².